The summed E-state index contributed by atoms with van der Waals surface area (Å²) in [5, 5.41) is 2.95. The number of carbonyl (C=O) groups is 1. The summed E-state index contributed by atoms with van der Waals surface area (Å²) in [6.07, 6.45) is 1.76. The Hall–Kier alpha value is -2.54. The van der Waals surface area contributed by atoms with Crippen molar-refractivity contribution in [1.82, 2.24) is 0 Å². The van der Waals surface area contributed by atoms with Crippen LogP contribution in [-0.4, -0.2) is 34.2 Å². The molecule has 0 heterocycles. The van der Waals surface area contributed by atoms with E-state index in [-0.39, 0.29) is 18.9 Å². The number of carbonyl (C=O) groups excluding carboxylic acids is 1. The molecule has 2 aromatic carbocycles. The second kappa shape index (κ2) is 9.10. The van der Waals surface area contributed by atoms with Crippen LogP contribution >= 0.6 is 0 Å². The summed E-state index contributed by atoms with van der Waals surface area (Å²) in [4.78, 5) is 12.4. The minimum absolute atomic E-state index is 0.136. The zero-order valence-electron chi connectivity index (χ0n) is 17.1. The van der Waals surface area contributed by atoms with Crippen molar-refractivity contribution in [2.45, 2.75) is 33.6 Å². The van der Waals surface area contributed by atoms with Gasteiger partial charge in [0.05, 0.1) is 19.1 Å². The topological polar surface area (TPSA) is 75.7 Å². The maximum Gasteiger partial charge on any atom is 0.232 e. The Kier molecular flexibility index (Phi) is 7.07. The van der Waals surface area contributed by atoms with Gasteiger partial charge in [0.25, 0.3) is 0 Å². The van der Waals surface area contributed by atoms with Gasteiger partial charge in [-0.2, -0.15) is 0 Å². The van der Waals surface area contributed by atoms with E-state index in [0.29, 0.717) is 17.9 Å². The first-order chi connectivity index (χ1) is 13.1. The summed E-state index contributed by atoms with van der Waals surface area (Å²) in [5.41, 5.74) is 4.46. The molecule has 0 saturated heterocycles. The number of anilines is 2. The Labute approximate surface area is 167 Å². The number of benzene rings is 2. The van der Waals surface area contributed by atoms with Crippen LogP contribution in [0.4, 0.5) is 11.4 Å². The third kappa shape index (κ3) is 5.48. The summed E-state index contributed by atoms with van der Waals surface area (Å²) in [6.45, 7) is 6.13. The lowest BCUT2D eigenvalue weighted by atomic mass is 10.0. The van der Waals surface area contributed by atoms with Crippen molar-refractivity contribution in [2.75, 3.05) is 29.5 Å². The molecule has 0 spiro atoms. The molecule has 0 aromatic heterocycles. The predicted molar refractivity (Wildman–Crippen MR) is 114 cm³/mol. The Balaban J connectivity index is 2.06. The predicted octanol–water partition coefficient (Wildman–Crippen LogP) is 3.81. The molecule has 1 N–H and O–H groups in total. The average Bonchev–Trinajstić information content (AvgIpc) is 2.60. The lowest BCUT2D eigenvalue weighted by Crippen LogP contribution is -2.31. The van der Waals surface area contributed by atoms with Crippen LogP contribution in [0.25, 0.3) is 0 Å². The molecule has 0 radical (unpaired) electrons. The maximum absolute atomic E-state index is 12.4. The van der Waals surface area contributed by atoms with Crippen LogP contribution in [0.1, 0.15) is 29.5 Å². The molecule has 7 heteroatoms. The first-order valence-electron chi connectivity index (χ1n) is 9.12. The molecule has 6 nitrogen and oxygen atoms in total. The molecule has 0 bridgehead atoms. The summed E-state index contributed by atoms with van der Waals surface area (Å²) < 4.78 is 31.1. The van der Waals surface area contributed by atoms with Crippen LogP contribution in [0.2, 0.25) is 0 Å². The van der Waals surface area contributed by atoms with Crippen molar-refractivity contribution in [3.63, 3.8) is 0 Å². The minimum Gasteiger partial charge on any atom is -0.495 e. The number of nitrogens with one attached hydrogen (secondary N) is 1. The molecule has 2 aromatic rings. The van der Waals surface area contributed by atoms with E-state index < -0.39 is 10.0 Å². The first-order valence-corrected chi connectivity index (χ1v) is 11.0. The van der Waals surface area contributed by atoms with Crippen LogP contribution in [-0.2, 0) is 14.8 Å². The number of sulfonamides is 1. The number of rotatable bonds is 8. The quantitative estimate of drug-likeness (QED) is 0.726. The highest BCUT2D eigenvalue weighted by atomic mass is 32.2. The molecular formula is C21H28N2O4S. The van der Waals surface area contributed by atoms with Crippen LogP contribution in [0.3, 0.4) is 0 Å². The molecule has 0 saturated carbocycles. The van der Waals surface area contributed by atoms with Crippen molar-refractivity contribution >= 4 is 27.3 Å². The number of methoxy groups -OCH3 is 1. The normalized spacial score (nSPS) is 11.2. The van der Waals surface area contributed by atoms with E-state index in [2.05, 4.69) is 5.32 Å². The number of hydrogen-bond donors (Lipinski definition) is 1. The smallest absolute Gasteiger partial charge is 0.232 e. The van der Waals surface area contributed by atoms with Gasteiger partial charge in [-0.25, -0.2) is 8.42 Å². The van der Waals surface area contributed by atoms with Gasteiger partial charge in [-0.3, -0.25) is 9.10 Å². The van der Waals surface area contributed by atoms with Crippen LogP contribution in [0.5, 0.6) is 5.75 Å². The fourth-order valence-electron chi connectivity index (χ4n) is 3.26. The molecule has 152 valence electrons. The largest absolute Gasteiger partial charge is 0.495 e. The number of aryl methyl sites for hydroxylation is 3. The van der Waals surface area contributed by atoms with Gasteiger partial charge in [0.15, 0.2) is 0 Å². The molecule has 28 heavy (non-hydrogen) atoms. The average molecular weight is 405 g/mol. The van der Waals surface area contributed by atoms with E-state index >= 15 is 0 Å². The van der Waals surface area contributed by atoms with Crippen molar-refractivity contribution in [2.24, 2.45) is 0 Å². The molecule has 0 aliphatic heterocycles. The van der Waals surface area contributed by atoms with Crippen molar-refractivity contribution < 1.29 is 17.9 Å². The Bertz CT molecular complexity index is 932. The third-order valence-corrected chi connectivity index (χ3v) is 5.64. The minimum atomic E-state index is -3.50. The maximum atomic E-state index is 12.4. The zero-order chi connectivity index (χ0) is 20.9. The lowest BCUT2D eigenvalue weighted by molar-refractivity contribution is -0.116. The fourth-order valence-corrected chi connectivity index (χ4v) is 4.23. The summed E-state index contributed by atoms with van der Waals surface area (Å²) in [7, 11) is -2.00. The SMILES string of the molecule is COc1ccccc1N(CCCC(=O)Nc1c(C)cc(C)cc1C)S(C)(=O)=O. The monoisotopic (exact) mass is 404 g/mol. The molecule has 0 unspecified atom stereocenters. The fraction of sp³-hybridized carbons (Fsp3) is 0.381. The summed E-state index contributed by atoms with van der Waals surface area (Å²) in [5.74, 6) is 0.340. The Morgan fingerprint density at radius 1 is 1.11 bits per heavy atom. The lowest BCUT2D eigenvalue weighted by Gasteiger charge is -2.24. The van der Waals surface area contributed by atoms with Gasteiger partial charge in [-0.05, 0) is 50.5 Å². The zero-order valence-corrected chi connectivity index (χ0v) is 17.9. The van der Waals surface area contributed by atoms with E-state index in [0.717, 1.165) is 28.6 Å². The second-order valence-electron chi connectivity index (χ2n) is 6.93. The molecule has 0 aliphatic carbocycles. The van der Waals surface area contributed by atoms with Gasteiger partial charge in [-0.15, -0.1) is 0 Å². The van der Waals surface area contributed by atoms with Crippen LogP contribution < -0.4 is 14.4 Å². The first kappa shape index (κ1) is 21.8. The molecular weight excluding hydrogens is 376 g/mol. The van der Waals surface area contributed by atoms with Gasteiger partial charge >= 0.3 is 0 Å². The highest BCUT2D eigenvalue weighted by Crippen LogP contribution is 2.29. The van der Waals surface area contributed by atoms with E-state index in [9.17, 15) is 13.2 Å². The van der Waals surface area contributed by atoms with Gasteiger partial charge in [0, 0.05) is 18.7 Å². The molecule has 0 aliphatic rings. The number of amides is 1. The third-order valence-electron chi connectivity index (χ3n) is 4.46. The van der Waals surface area contributed by atoms with Crippen molar-refractivity contribution in [1.29, 1.82) is 0 Å². The molecule has 1 amide bonds. The van der Waals surface area contributed by atoms with E-state index in [1.54, 1.807) is 24.3 Å². The highest BCUT2D eigenvalue weighted by molar-refractivity contribution is 7.92. The molecule has 0 atom stereocenters. The second-order valence-corrected chi connectivity index (χ2v) is 8.84. The highest BCUT2D eigenvalue weighted by Gasteiger charge is 2.21. The number of para-hydroxylation sites is 2. The van der Waals surface area contributed by atoms with E-state index in [1.165, 1.54) is 11.4 Å². The number of nitrogens with zero attached hydrogens (tertiary/aromatic N) is 1. The van der Waals surface area contributed by atoms with Gasteiger partial charge in [-0.1, -0.05) is 29.8 Å². The molecule has 0 fully saturated rings. The number of ether oxygens (including phenoxy) is 1. The summed E-state index contributed by atoms with van der Waals surface area (Å²) in [6, 6.07) is 11.0. The van der Waals surface area contributed by atoms with Crippen molar-refractivity contribution in [3.05, 3.63) is 53.1 Å². The standard InChI is InChI=1S/C21H28N2O4S/c1-15-13-16(2)21(17(3)14-15)22-20(24)11-8-12-23(28(5,25)26)18-9-6-7-10-19(18)27-4/h6-7,9-10,13-14H,8,11-12H2,1-5H3,(H,22,24). The van der Waals surface area contributed by atoms with Gasteiger partial charge < -0.3 is 10.1 Å². The van der Waals surface area contributed by atoms with E-state index in [4.69, 9.17) is 4.74 Å². The number of hydrogen-bond acceptors (Lipinski definition) is 4. The van der Waals surface area contributed by atoms with E-state index in [1.807, 2.05) is 32.9 Å². The summed E-state index contributed by atoms with van der Waals surface area (Å²) >= 11 is 0. The van der Waals surface area contributed by atoms with Gasteiger partial charge in [0.1, 0.15) is 5.75 Å². The Morgan fingerprint density at radius 3 is 2.29 bits per heavy atom. The van der Waals surface area contributed by atoms with Crippen LogP contribution in [0.15, 0.2) is 36.4 Å². The Morgan fingerprint density at radius 2 is 1.71 bits per heavy atom. The van der Waals surface area contributed by atoms with Crippen molar-refractivity contribution in [3.8, 4) is 5.75 Å². The van der Waals surface area contributed by atoms with Gasteiger partial charge in [0.2, 0.25) is 15.9 Å². The molecule has 2 rings (SSSR count). The van der Waals surface area contributed by atoms with Crippen LogP contribution in [0, 0.1) is 20.8 Å².